The third-order valence-corrected chi connectivity index (χ3v) is 3.13. The van der Waals surface area contributed by atoms with Crippen molar-refractivity contribution in [1.82, 2.24) is 15.1 Å². The molecule has 1 unspecified atom stereocenters. The van der Waals surface area contributed by atoms with Gasteiger partial charge in [-0.05, 0) is 13.8 Å². The number of fused-ring (bicyclic) bond motifs is 1. The number of hydrogen-bond acceptors (Lipinski definition) is 3. The van der Waals surface area contributed by atoms with Gasteiger partial charge in [0.1, 0.15) is 6.61 Å². The van der Waals surface area contributed by atoms with Crippen LogP contribution in [0.15, 0.2) is 0 Å². The van der Waals surface area contributed by atoms with E-state index in [9.17, 15) is 9.59 Å². The summed E-state index contributed by atoms with van der Waals surface area (Å²) in [5.74, 6) is 0.0118. The van der Waals surface area contributed by atoms with Crippen LogP contribution in [0.2, 0.25) is 0 Å². The summed E-state index contributed by atoms with van der Waals surface area (Å²) in [6, 6.07) is 0.111. The SMILES string of the molecule is CC(C)OCC(=O)N1CCN2C(=O)NCC2C1. The minimum absolute atomic E-state index is 0.0118. The Hall–Kier alpha value is -1.30. The summed E-state index contributed by atoms with van der Waals surface area (Å²) in [5.41, 5.74) is 0. The van der Waals surface area contributed by atoms with Gasteiger partial charge in [-0.25, -0.2) is 4.79 Å². The van der Waals surface area contributed by atoms with Gasteiger partial charge in [-0.3, -0.25) is 4.79 Å². The molecular weight excluding hydrogens is 222 g/mol. The Bertz CT molecular complexity index is 319. The molecule has 2 heterocycles. The molecule has 0 saturated carbocycles. The van der Waals surface area contributed by atoms with E-state index in [2.05, 4.69) is 5.32 Å². The van der Waals surface area contributed by atoms with E-state index in [1.807, 2.05) is 13.8 Å². The highest BCUT2D eigenvalue weighted by molar-refractivity contribution is 5.80. The molecule has 1 N–H and O–H groups in total. The maximum Gasteiger partial charge on any atom is 0.317 e. The van der Waals surface area contributed by atoms with E-state index in [4.69, 9.17) is 4.74 Å². The number of piperazine rings is 1. The van der Waals surface area contributed by atoms with Crippen molar-refractivity contribution in [3.63, 3.8) is 0 Å². The van der Waals surface area contributed by atoms with Gasteiger partial charge < -0.3 is 19.9 Å². The summed E-state index contributed by atoms with van der Waals surface area (Å²) in [6.07, 6.45) is 0.0648. The van der Waals surface area contributed by atoms with E-state index in [0.717, 1.165) is 0 Å². The summed E-state index contributed by atoms with van der Waals surface area (Å²) >= 11 is 0. The van der Waals surface area contributed by atoms with Crippen molar-refractivity contribution in [1.29, 1.82) is 0 Å². The van der Waals surface area contributed by atoms with Crippen LogP contribution in [0, 0.1) is 0 Å². The van der Waals surface area contributed by atoms with Crippen LogP contribution >= 0.6 is 0 Å². The van der Waals surface area contributed by atoms with Crippen LogP contribution in [-0.4, -0.2) is 66.7 Å². The smallest absolute Gasteiger partial charge is 0.317 e. The summed E-state index contributed by atoms with van der Waals surface area (Å²) in [6.45, 7) is 6.40. The highest BCUT2D eigenvalue weighted by Gasteiger charge is 2.36. The van der Waals surface area contributed by atoms with Gasteiger partial charge in [0.25, 0.3) is 0 Å². The minimum atomic E-state index is -0.0134. The van der Waals surface area contributed by atoms with Crippen molar-refractivity contribution in [3.05, 3.63) is 0 Å². The number of carbonyl (C=O) groups is 2. The van der Waals surface area contributed by atoms with Gasteiger partial charge >= 0.3 is 6.03 Å². The molecule has 2 fully saturated rings. The number of urea groups is 1. The predicted molar refractivity (Wildman–Crippen MR) is 61.6 cm³/mol. The molecular formula is C11H19N3O3. The Morgan fingerprint density at radius 2 is 2.29 bits per heavy atom. The fourth-order valence-corrected chi connectivity index (χ4v) is 2.16. The molecule has 0 bridgehead atoms. The molecule has 0 aromatic carbocycles. The van der Waals surface area contributed by atoms with Gasteiger partial charge in [-0.2, -0.15) is 0 Å². The molecule has 96 valence electrons. The van der Waals surface area contributed by atoms with Gasteiger partial charge in [0.2, 0.25) is 5.91 Å². The lowest BCUT2D eigenvalue weighted by molar-refractivity contribution is -0.139. The first kappa shape index (κ1) is 12.2. The number of ether oxygens (including phenoxy) is 1. The first-order valence-corrected chi connectivity index (χ1v) is 6.02. The van der Waals surface area contributed by atoms with Crippen LogP contribution in [0.4, 0.5) is 4.79 Å². The van der Waals surface area contributed by atoms with Crippen molar-refractivity contribution < 1.29 is 14.3 Å². The number of nitrogens with zero attached hydrogens (tertiary/aromatic N) is 2. The van der Waals surface area contributed by atoms with Crippen LogP contribution in [0.1, 0.15) is 13.8 Å². The quantitative estimate of drug-likeness (QED) is 0.734. The lowest BCUT2D eigenvalue weighted by Crippen LogP contribution is -2.54. The second-order valence-corrected chi connectivity index (χ2v) is 4.73. The highest BCUT2D eigenvalue weighted by Crippen LogP contribution is 2.14. The number of rotatable bonds is 3. The summed E-state index contributed by atoms with van der Waals surface area (Å²) in [4.78, 5) is 26.8. The van der Waals surface area contributed by atoms with Crippen LogP contribution in [0.5, 0.6) is 0 Å². The Balaban J connectivity index is 1.84. The van der Waals surface area contributed by atoms with Crippen molar-refractivity contribution in [2.24, 2.45) is 0 Å². The first-order chi connectivity index (χ1) is 8.08. The van der Waals surface area contributed by atoms with Crippen molar-refractivity contribution in [2.45, 2.75) is 26.0 Å². The van der Waals surface area contributed by atoms with Crippen LogP contribution in [0.25, 0.3) is 0 Å². The number of nitrogens with one attached hydrogen (secondary N) is 1. The van der Waals surface area contributed by atoms with E-state index in [0.29, 0.717) is 26.2 Å². The lowest BCUT2D eigenvalue weighted by Gasteiger charge is -2.36. The molecule has 0 spiro atoms. The van der Waals surface area contributed by atoms with Crippen molar-refractivity contribution >= 4 is 11.9 Å². The lowest BCUT2D eigenvalue weighted by atomic mass is 10.2. The monoisotopic (exact) mass is 241 g/mol. The average molecular weight is 241 g/mol. The second kappa shape index (κ2) is 4.91. The standard InChI is InChI=1S/C11H19N3O3/c1-8(2)17-7-10(15)13-3-4-14-9(6-13)5-12-11(14)16/h8-9H,3-7H2,1-2H3,(H,12,16). The molecule has 1 atom stereocenters. The third-order valence-electron chi connectivity index (χ3n) is 3.13. The average Bonchev–Trinajstić information content (AvgIpc) is 2.67. The summed E-state index contributed by atoms with van der Waals surface area (Å²) in [7, 11) is 0. The van der Waals surface area contributed by atoms with E-state index in [1.54, 1.807) is 9.80 Å². The van der Waals surface area contributed by atoms with Gasteiger partial charge in [-0.1, -0.05) is 0 Å². The maximum atomic E-state index is 11.8. The third kappa shape index (κ3) is 2.69. The molecule has 17 heavy (non-hydrogen) atoms. The van der Waals surface area contributed by atoms with E-state index in [1.165, 1.54) is 0 Å². The summed E-state index contributed by atoms with van der Waals surface area (Å²) in [5, 5.41) is 2.79. The fourth-order valence-electron chi connectivity index (χ4n) is 2.16. The molecule has 0 aromatic heterocycles. The van der Waals surface area contributed by atoms with Crippen LogP contribution in [0.3, 0.4) is 0 Å². The predicted octanol–water partition coefficient (Wildman–Crippen LogP) is -0.353. The largest absolute Gasteiger partial charge is 0.369 e. The highest BCUT2D eigenvalue weighted by atomic mass is 16.5. The fraction of sp³-hybridized carbons (Fsp3) is 0.818. The molecule has 6 heteroatoms. The topological polar surface area (TPSA) is 61.9 Å². The number of hydrogen-bond donors (Lipinski definition) is 1. The molecule has 6 nitrogen and oxygen atoms in total. The molecule has 2 rings (SSSR count). The zero-order chi connectivity index (χ0) is 12.4. The Labute approximate surface area is 101 Å². The zero-order valence-corrected chi connectivity index (χ0v) is 10.3. The Kier molecular flexibility index (Phi) is 3.51. The van der Waals surface area contributed by atoms with E-state index >= 15 is 0 Å². The minimum Gasteiger partial charge on any atom is -0.369 e. The molecule has 3 amide bonds. The number of amides is 3. The van der Waals surface area contributed by atoms with Gasteiger partial charge in [-0.15, -0.1) is 0 Å². The summed E-state index contributed by atoms with van der Waals surface area (Å²) < 4.78 is 5.30. The van der Waals surface area contributed by atoms with Gasteiger partial charge in [0.15, 0.2) is 0 Å². The molecule has 0 radical (unpaired) electrons. The number of carbonyl (C=O) groups excluding carboxylic acids is 2. The maximum absolute atomic E-state index is 11.8. The Morgan fingerprint density at radius 1 is 1.53 bits per heavy atom. The van der Waals surface area contributed by atoms with E-state index < -0.39 is 0 Å². The molecule has 0 aromatic rings. The van der Waals surface area contributed by atoms with E-state index in [-0.39, 0.29) is 30.7 Å². The van der Waals surface area contributed by atoms with Gasteiger partial charge in [0, 0.05) is 26.2 Å². The molecule has 0 aliphatic carbocycles. The van der Waals surface area contributed by atoms with Crippen LogP contribution in [-0.2, 0) is 9.53 Å². The first-order valence-electron chi connectivity index (χ1n) is 6.02. The molecule has 2 aliphatic heterocycles. The Morgan fingerprint density at radius 3 is 3.00 bits per heavy atom. The molecule has 2 saturated heterocycles. The normalized spacial score (nSPS) is 23.9. The van der Waals surface area contributed by atoms with Gasteiger partial charge in [0.05, 0.1) is 12.1 Å². The van der Waals surface area contributed by atoms with Crippen molar-refractivity contribution in [2.75, 3.05) is 32.8 Å². The zero-order valence-electron chi connectivity index (χ0n) is 10.3. The second-order valence-electron chi connectivity index (χ2n) is 4.73. The van der Waals surface area contributed by atoms with Crippen molar-refractivity contribution in [3.8, 4) is 0 Å². The molecule has 2 aliphatic rings. The van der Waals surface area contributed by atoms with Crippen LogP contribution < -0.4 is 5.32 Å².